The highest BCUT2D eigenvalue weighted by atomic mass is 16.5. The molecule has 0 aliphatic heterocycles. The second-order valence-electron chi connectivity index (χ2n) is 19.0. The molecule has 0 fully saturated rings. The van der Waals surface area contributed by atoms with Gasteiger partial charge in [-0.1, -0.05) is 251 Å². The van der Waals surface area contributed by atoms with Gasteiger partial charge in [-0.2, -0.15) is 0 Å². The zero-order valence-corrected chi connectivity index (χ0v) is 41.8. The van der Waals surface area contributed by atoms with Crippen molar-refractivity contribution in [3.8, 4) is 0 Å². The molecule has 0 aromatic rings. The van der Waals surface area contributed by atoms with Crippen molar-refractivity contribution in [1.82, 2.24) is 5.32 Å². The maximum atomic E-state index is 13.2. The Balaban J connectivity index is 4.55. The van der Waals surface area contributed by atoms with Gasteiger partial charge >= 0.3 is 5.97 Å². The van der Waals surface area contributed by atoms with E-state index < -0.39 is 18.2 Å². The average molecular weight is 874 g/mol. The van der Waals surface area contributed by atoms with E-state index in [1.807, 2.05) is 0 Å². The van der Waals surface area contributed by atoms with Gasteiger partial charge in [-0.05, 0) is 57.8 Å². The van der Waals surface area contributed by atoms with Crippen LogP contribution in [0.25, 0.3) is 0 Å². The van der Waals surface area contributed by atoms with E-state index in [0.717, 1.165) is 64.2 Å². The fourth-order valence-electron chi connectivity index (χ4n) is 8.58. The lowest BCUT2D eigenvalue weighted by Crippen LogP contribution is -2.46. The molecule has 6 heteroatoms. The number of esters is 1. The van der Waals surface area contributed by atoms with Crippen LogP contribution in [0.1, 0.15) is 297 Å². The molecule has 62 heavy (non-hydrogen) atoms. The fourth-order valence-corrected chi connectivity index (χ4v) is 8.58. The maximum Gasteiger partial charge on any atom is 0.306 e. The minimum Gasteiger partial charge on any atom is -0.462 e. The van der Waals surface area contributed by atoms with Crippen LogP contribution in [-0.4, -0.2) is 46.9 Å². The first kappa shape index (κ1) is 60.3. The van der Waals surface area contributed by atoms with Gasteiger partial charge in [0.1, 0.15) is 6.10 Å². The normalized spacial score (nSPS) is 13.3. The highest BCUT2D eigenvalue weighted by Gasteiger charge is 2.24. The number of aliphatic hydroxyl groups excluding tert-OH is 2. The van der Waals surface area contributed by atoms with Crippen LogP contribution in [0.15, 0.2) is 24.3 Å². The van der Waals surface area contributed by atoms with Crippen molar-refractivity contribution in [2.75, 3.05) is 6.61 Å². The van der Waals surface area contributed by atoms with Crippen molar-refractivity contribution in [3.63, 3.8) is 0 Å². The highest BCUT2D eigenvalue weighted by Crippen LogP contribution is 2.18. The maximum absolute atomic E-state index is 13.2. The minimum absolute atomic E-state index is 0.0738. The molecule has 0 aromatic heterocycles. The number of amides is 1. The first-order valence-corrected chi connectivity index (χ1v) is 27.6. The molecule has 1 amide bonds. The smallest absolute Gasteiger partial charge is 0.306 e. The molecular weight excluding hydrogens is 767 g/mol. The number of aliphatic hydroxyl groups is 2. The van der Waals surface area contributed by atoms with Gasteiger partial charge < -0.3 is 20.3 Å². The average Bonchev–Trinajstić information content (AvgIpc) is 3.26. The van der Waals surface area contributed by atoms with Crippen molar-refractivity contribution in [3.05, 3.63) is 24.3 Å². The summed E-state index contributed by atoms with van der Waals surface area (Å²) in [7, 11) is 0. The molecule has 0 saturated heterocycles. The molecule has 0 bridgehead atoms. The molecule has 0 aromatic carbocycles. The molecular formula is C56H107NO5. The van der Waals surface area contributed by atoms with Gasteiger partial charge in [-0.15, -0.1) is 0 Å². The molecule has 6 nitrogen and oxygen atoms in total. The van der Waals surface area contributed by atoms with Gasteiger partial charge in [-0.25, -0.2) is 0 Å². The number of nitrogens with one attached hydrogen (secondary N) is 1. The SMILES string of the molecule is CCCCC/C=C\C/C=C\CCCCCCCC(CC(=O)NC(CO)C(O)CCCCCCCCCCCCCC)OC(=O)CCCCCCCCCCCCCCCCCC. The number of allylic oxidation sites excluding steroid dienone is 4. The number of unbranched alkanes of at least 4 members (excludes halogenated alkanes) is 34. The van der Waals surface area contributed by atoms with Crippen LogP contribution in [0.4, 0.5) is 0 Å². The van der Waals surface area contributed by atoms with Gasteiger partial charge in [0.15, 0.2) is 0 Å². The van der Waals surface area contributed by atoms with Crippen LogP contribution in [0.3, 0.4) is 0 Å². The Morgan fingerprint density at radius 2 is 0.823 bits per heavy atom. The summed E-state index contributed by atoms with van der Waals surface area (Å²) in [5.74, 6) is -0.470. The van der Waals surface area contributed by atoms with Crippen LogP contribution in [0.5, 0.6) is 0 Å². The monoisotopic (exact) mass is 874 g/mol. The third-order valence-corrected chi connectivity index (χ3v) is 12.8. The number of carbonyl (C=O) groups excluding carboxylic acids is 2. The van der Waals surface area contributed by atoms with Gasteiger partial charge in [0.25, 0.3) is 0 Å². The van der Waals surface area contributed by atoms with Crippen molar-refractivity contribution >= 4 is 11.9 Å². The Morgan fingerprint density at radius 3 is 1.26 bits per heavy atom. The predicted molar refractivity (Wildman–Crippen MR) is 269 cm³/mol. The molecule has 0 aliphatic carbocycles. The van der Waals surface area contributed by atoms with Gasteiger partial charge in [0.05, 0.1) is 25.2 Å². The topological polar surface area (TPSA) is 95.9 Å². The van der Waals surface area contributed by atoms with Crippen molar-refractivity contribution < 1.29 is 24.5 Å². The lowest BCUT2D eigenvalue weighted by Gasteiger charge is -2.24. The third kappa shape index (κ3) is 44.9. The predicted octanol–water partition coefficient (Wildman–Crippen LogP) is 16.7. The lowest BCUT2D eigenvalue weighted by atomic mass is 10.0. The third-order valence-electron chi connectivity index (χ3n) is 12.8. The van der Waals surface area contributed by atoms with Crippen LogP contribution < -0.4 is 5.32 Å². The molecule has 3 atom stereocenters. The Morgan fingerprint density at radius 1 is 0.468 bits per heavy atom. The molecule has 0 rings (SSSR count). The first-order valence-electron chi connectivity index (χ1n) is 27.6. The summed E-state index contributed by atoms with van der Waals surface area (Å²) in [6.45, 7) is 6.48. The van der Waals surface area contributed by atoms with E-state index in [1.165, 1.54) is 186 Å². The van der Waals surface area contributed by atoms with Gasteiger partial charge in [0.2, 0.25) is 5.91 Å². The second-order valence-corrected chi connectivity index (χ2v) is 19.0. The molecule has 366 valence electrons. The van der Waals surface area contributed by atoms with E-state index in [2.05, 4.69) is 50.4 Å². The number of hydrogen-bond acceptors (Lipinski definition) is 5. The van der Waals surface area contributed by atoms with Gasteiger partial charge in [0, 0.05) is 6.42 Å². The van der Waals surface area contributed by atoms with E-state index in [-0.39, 0.29) is 24.9 Å². The van der Waals surface area contributed by atoms with E-state index in [9.17, 15) is 19.8 Å². The van der Waals surface area contributed by atoms with Gasteiger partial charge in [-0.3, -0.25) is 9.59 Å². The van der Waals surface area contributed by atoms with Crippen LogP contribution in [-0.2, 0) is 14.3 Å². The lowest BCUT2D eigenvalue weighted by molar-refractivity contribution is -0.151. The zero-order valence-electron chi connectivity index (χ0n) is 41.8. The highest BCUT2D eigenvalue weighted by molar-refractivity contribution is 5.77. The summed E-state index contributed by atoms with van der Waals surface area (Å²) in [6.07, 6.45) is 58.1. The summed E-state index contributed by atoms with van der Waals surface area (Å²) >= 11 is 0. The fraction of sp³-hybridized carbons (Fsp3) is 0.893. The van der Waals surface area contributed by atoms with Crippen molar-refractivity contribution in [2.45, 2.75) is 315 Å². The Kier molecular flexibility index (Phi) is 49.0. The molecule has 0 spiro atoms. The summed E-state index contributed by atoms with van der Waals surface area (Å²) in [5.41, 5.74) is 0. The largest absolute Gasteiger partial charge is 0.462 e. The van der Waals surface area contributed by atoms with E-state index in [4.69, 9.17) is 4.74 Å². The Hall–Kier alpha value is -1.66. The number of carbonyl (C=O) groups is 2. The first-order chi connectivity index (χ1) is 30.5. The Labute approximate surface area is 386 Å². The molecule has 0 aliphatic rings. The van der Waals surface area contributed by atoms with Crippen LogP contribution >= 0.6 is 0 Å². The summed E-state index contributed by atoms with van der Waals surface area (Å²) in [5, 5.41) is 23.8. The van der Waals surface area contributed by atoms with Crippen LogP contribution in [0, 0.1) is 0 Å². The molecule has 0 radical (unpaired) electrons. The number of rotatable bonds is 50. The van der Waals surface area contributed by atoms with Crippen molar-refractivity contribution in [2.24, 2.45) is 0 Å². The quantitative estimate of drug-likeness (QED) is 0.0321. The number of hydrogen-bond donors (Lipinski definition) is 3. The summed E-state index contributed by atoms with van der Waals surface area (Å²) in [6, 6.07) is -0.701. The standard InChI is InChI=1S/C56H107NO5/c1-4-7-10-13-16-19-22-25-27-29-31-34-37-40-43-46-49-56(61)62-52(47-44-41-38-35-32-30-28-26-23-20-17-14-11-8-5-2)50-55(60)57-53(51-58)54(59)48-45-42-39-36-33-24-21-18-15-12-9-6-3/h17,20,26,28,52-54,58-59H,4-16,18-19,21-25,27,29-51H2,1-3H3,(H,57,60)/b20-17-,28-26-. The number of ether oxygens (including phenoxy) is 1. The zero-order chi connectivity index (χ0) is 45.2. The van der Waals surface area contributed by atoms with E-state index in [0.29, 0.717) is 19.3 Å². The van der Waals surface area contributed by atoms with E-state index >= 15 is 0 Å². The Bertz CT molecular complexity index is 981. The van der Waals surface area contributed by atoms with Crippen LogP contribution in [0.2, 0.25) is 0 Å². The minimum atomic E-state index is -0.787. The van der Waals surface area contributed by atoms with E-state index in [1.54, 1.807) is 0 Å². The van der Waals surface area contributed by atoms with Crippen molar-refractivity contribution in [1.29, 1.82) is 0 Å². The molecule has 0 heterocycles. The molecule has 0 saturated carbocycles. The molecule has 3 unspecified atom stereocenters. The summed E-state index contributed by atoms with van der Waals surface area (Å²) in [4.78, 5) is 26.2. The second kappa shape index (κ2) is 50.3. The summed E-state index contributed by atoms with van der Waals surface area (Å²) < 4.78 is 5.95. The molecule has 3 N–H and O–H groups in total.